The molecule has 1 aliphatic heterocycles. The molecule has 1 aliphatic rings. The number of carbonyl (C=O) groups excluding carboxylic acids is 2. The lowest BCUT2D eigenvalue weighted by Crippen LogP contribution is -2.31. The molecule has 0 aromatic carbocycles. The van der Waals surface area contributed by atoms with Crippen LogP contribution in [0, 0.1) is 6.92 Å². The molecule has 33 heavy (non-hydrogen) atoms. The fourth-order valence-corrected chi connectivity index (χ4v) is 4.36. The van der Waals surface area contributed by atoms with Crippen LogP contribution >= 0.6 is 0 Å². The average molecular weight is 442 g/mol. The number of rotatable bonds is 6. The molecule has 0 radical (unpaired) electrons. The lowest BCUT2D eigenvalue weighted by atomic mass is 9.97. The molecule has 1 saturated heterocycles. The van der Waals surface area contributed by atoms with Gasteiger partial charge < -0.3 is 14.6 Å². The number of nitrogens with zero attached hydrogens (tertiary/aromatic N) is 6. The van der Waals surface area contributed by atoms with Crippen molar-refractivity contribution in [1.29, 1.82) is 0 Å². The Kier molecular flexibility index (Phi) is 5.21. The maximum Gasteiger partial charge on any atom is 0.295 e. The fraction of sp³-hybridized carbons (Fsp3) is 0.208. The molecular formula is C24H22N6O3. The molecule has 0 unspecified atom stereocenters. The SMILES string of the molecule is Cc1nc2ccccn2c1C(O)=C1C(=O)C(=O)N(CCCn2ccnc2)[C@H]1c1cccnc1. The number of amides is 1. The van der Waals surface area contributed by atoms with Crippen molar-refractivity contribution in [3.63, 3.8) is 0 Å². The summed E-state index contributed by atoms with van der Waals surface area (Å²) in [6.45, 7) is 2.75. The zero-order valence-corrected chi connectivity index (χ0v) is 18.0. The van der Waals surface area contributed by atoms with Crippen molar-refractivity contribution in [1.82, 2.24) is 28.8 Å². The number of aryl methyl sites for hydroxylation is 2. The fourth-order valence-electron chi connectivity index (χ4n) is 4.36. The van der Waals surface area contributed by atoms with E-state index in [9.17, 15) is 14.7 Å². The Balaban J connectivity index is 1.59. The smallest absolute Gasteiger partial charge is 0.295 e. The van der Waals surface area contributed by atoms with Gasteiger partial charge in [0, 0.05) is 44.1 Å². The first kappa shape index (κ1) is 20.6. The second-order valence-electron chi connectivity index (χ2n) is 7.91. The lowest BCUT2D eigenvalue weighted by Gasteiger charge is -2.25. The molecule has 0 spiro atoms. The van der Waals surface area contributed by atoms with Crippen LogP contribution in [-0.4, -0.2) is 52.2 Å². The van der Waals surface area contributed by atoms with Gasteiger partial charge in [0.15, 0.2) is 5.76 Å². The van der Waals surface area contributed by atoms with Gasteiger partial charge in [-0.25, -0.2) is 9.97 Å². The summed E-state index contributed by atoms with van der Waals surface area (Å²) in [6.07, 6.45) is 10.9. The average Bonchev–Trinajstić information content (AvgIpc) is 3.52. The quantitative estimate of drug-likeness (QED) is 0.280. The molecule has 1 fully saturated rings. The van der Waals surface area contributed by atoms with Crippen LogP contribution in [0.15, 0.2) is 73.2 Å². The number of ketones is 1. The summed E-state index contributed by atoms with van der Waals surface area (Å²) < 4.78 is 3.63. The third kappa shape index (κ3) is 3.57. The zero-order valence-electron chi connectivity index (χ0n) is 18.0. The van der Waals surface area contributed by atoms with Crippen LogP contribution < -0.4 is 0 Å². The standard InChI is InChI=1S/C24H22N6O3/c1-16-20(29-11-3-2-7-18(29)27-16)22(31)19-21(17-6-4-8-25-14-17)30(24(33)23(19)32)12-5-10-28-13-9-26-15-28/h2-4,6-9,11,13-15,21,31H,5,10,12H2,1H3/t21-/m0/s1. The maximum absolute atomic E-state index is 13.2. The van der Waals surface area contributed by atoms with E-state index in [1.165, 1.54) is 4.90 Å². The number of imidazole rings is 2. The number of pyridine rings is 2. The van der Waals surface area contributed by atoms with Crippen LogP contribution in [0.3, 0.4) is 0 Å². The van der Waals surface area contributed by atoms with Crippen molar-refractivity contribution >= 4 is 23.1 Å². The molecule has 0 bridgehead atoms. The molecule has 9 nitrogen and oxygen atoms in total. The molecule has 1 N–H and O–H groups in total. The molecule has 1 atom stereocenters. The molecule has 166 valence electrons. The zero-order chi connectivity index (χ0) is 22.9. The van der Waals surface area contributed by atoms with Crippen molar-refractivity contribution < 1.29 is 14.7 Å². The van der Waals surface area contributed by atoms with Gasteiger partial charge in [-0.3, -0.25) is 19.0 Å². The highest BCUT2D eigenvalue weighted by Crippen LogP contribution is 2.39. The number of carbonyl (C=O) groups is 2. The first-order valence-corrected chi connectivity index (χ1v) is 10.6. The maximum atomic E-state index is 13.2. The molecule has 9 heteroatoms. The van der Waals surface area contributed by atoms with Crippen molar-refractivity contribution in [2.75, 3.05) is 6.54 Å². The number of aliphatic hydroxyl groups excluding tert-OH is 1. The summed E-state index contributed by atoms with van der Waals surface area (Å²) in [7, 11) is 0. The van der Waals surface area contributed by atoms with Gasteiger partial charge in [-0.1, -0.05) is 12.1 Å². The third-order valence-corrected chi connectivity index (χ3v) is 5.84. The Morgan fingerprint density at radius 1 is 1.06 bits per heavy atom. The van der Waals surface area contributed by atoms with Crippen LogP contribution in [0.1, 0.15) is 29.4 Å². The summed E-state index contributed by atoms with van der Waals surface area (Å²) in [5.41, 5.74) is 2.31. The van der Waals surface area contributed by atoms with Gasteiger partial charge in [0.25, 0.3) is 11.7 Å². The normalized spacial score (nSPS) is 17.8. The van der Waals surface area contributed by atoms with Crippen LogP contribution in [0.5, 0.6) is 0 Å². The van der Waals surface area contributed by atoms with E-state index in [1.54, 1.807) is 54.6 Å². The summed E-state index contributed by atoms with van der Waals surface area (Å²) >= 11 is 0. The predicted molar refractivity (Wildman–Crippen MR) is 120 cm³/mol. The van der Waals surface area contributed by atoms with Gasteiger partial charge in [-0.15, -0.1) is 0 Å². The van der Waals surface area contributed by atoms with Crippen molar-refractivity contribution in [3.8, 4) is 0 Å². The van der Waals surface area contributed by atoms with Crippen LogP contribution in [0.2, 0.25) is 0 Å². The largest absolute Gasteiger partial charge is 0.505 e. The van der Waals surface area contributed by atoms with E-state index in [1.807, 2.05) is 29.0 Å². The number of hydrogen-bond acceptors (Lipinski definition) is 6. The molecule has 5 rings (SSSR count). The van der Waals surface area contributed by atoms with Crippen LogP contribution in [0.4, 0.5) is 0 Å². The summed E-state index contributed by atoms with van der Waals surface area (Å²) in [6, 6.07) is 8.30. The Hall–Kier alpha value is -4.27. The minimum absolute atomic E-state index is 0.0457. The van der Waals surface area contributed by atoms with E-state index >= 15 is 0 Å². The lowest BCUT2D eigenvalue weighted by molar-refractivity contribution is -0.139. The number of Topliss-reactive ketones (excluding diaryl/α,β-unsaturated/α-hetero) is 1. The molecule has 4 aromatic heterocycles. The van der Waals surface area contributed by atoms with Gasteiger partial charge in [0.05, 0.1) is 23.6 Å². The monoisotopic (exact) mass is 442 g/mol. The van der Waals surface area contributed by atoms with Gasteiger partial charge in [-0.05, 0) is 37.1 Å². The van der Waals surface area contributed by atoms with E-state index in [4.69, 9.17) is 0 Å². The Bertz CT molecular complexity index is 1360. The van der Waals surface area contributed by atoms with E-state index < -0.39 is 17.7 Å². The van der Waals surface area contributed by atoms with Gasteiger partial charge in [-0.2, -0.15) is 0 Å². The molecule has 5 heterocycles. The minimum Gasteiger partial charge on any atom is -0.505 e. The van der Waals surface area contributed by atoms with E-state index in [0.29, 0.717) is 42.1 Å². The molecule has 4 aromatic rings. The molecular weight excluding hydrogens is 420 g/mol. The van der Waals surface area contributed by atoms with E-state index in [2.05, 4.69) is 15.0 Å². The number of likely N-dealkylation sites (tertiary alicyclic amines) is 1. The van der Waals surface area contributed by atoms with E-state index in [0.717, 1.165) is 0 Å². The highest BCUT2D eigenvalue weighted by Gasteiger charge is 2.46. The Labute approximate surface area is 189 Å². The summed E-state index contributed by atoms with van der Waals surface area (Å²) in [5, 5.41) is 11.4. The number of hydrogen-bond donors (Lipinski definition) is 1. The first-order valence-electron chi connectivity index (χ1n) is 10.6. The second-order valence-corrected chi connectivity index (χ2v) is 7.91. The predicted octanol–water partition coefficient (Wildman–Crippen LogP) is 2.75. The Morgan fingerprint density at radius 2 is 1.94 bits per heavy atom. The Morgan fingerprint density at radius 3 is 2.70 bits per heavy atom. The summed E-state index contributed by atoms with van der Waals surface area (Å²) in [4.78, 5) is 40.5. The van der Waals surface area contributed by atoms with Crippen molar-refractivity contribution in [2.45, 2.75) is 25.9 Å². The van der Waals surface area contributed by atoms with Crippen molar-refractivity contribution in [2.24, 2.45) is 0 Å². The number of aliphatic hydroxyl groups is 1. The van der Waals surface area contributed by atoms with Gasteiger partial charge >= 0.3 is 0 Å². The van der Waals surface area contributed by atoms with Gasteiger partial charge in [0.1, 0.15) is 11.3 Å². The summed E-state index contributed by atoms with van der Waals surface area (Å²) in [5.74, 6) is -1.59. The highest BCUT2D eigenvalue weighted by atomic mass is 16.3. The van der Waals surface area contributed by atoms with Gasteiger partial charge in [0.2, 0.25) is 0 Å². The number of aromatic nitrogens is 5. The highest BCUT2D eigenvalue weighted by molar-refractivity contribution is 6.46. The molecule has 0 aliphatic carbocycles. The van der Waals surface area contributed by atoms with E-state index in [-0.39, 0.29) is 11.3 Å². The number of fused-ring (bicyclic) bond motifs is 1. The second kappa shape index (κ2) is 8.34. The first-order chi connectivity index (χ1) is 16.1. The third-order valence-electron chi connectivity index (χ3n) is 5.84. The van der Waals surface area contributed by atoms with Crippen molar-refractivity contribution in [3.05, 3.63) is 90.2 Å². The van der Waals surface area contributed by atoms with Crippen LogP contribution in [0.25, 0.3) is 11.4 Å². The molecule has 0 saturated carbocycles. The molecule has 1 amide bonds. The van der Waals surface area contributed by atoms with Crippen LogP contribution in [-0.2, 0) is 16.1 Å². The minimum atomic E-state index is -0.741. The topological polar surface area (TPSA) is 106 Å².